The largest absolute Gasteiger partial charge is 0.350 e. The summed E-state index contributed by atoms with van der Waals surface area (Å²) in [7, 11) is 1.81. The number of anilines is 1. The number of carbonyl (C=O) groups excluding carboxylic acids is 1. The molecule has 0 radical (unpaired) electrons. The van der Waals surface area contributed by atoms with Crippen LogP contribution in [0.3, 0.4) is 0 Å². The van der Waals surface area contributed by atoms with Crippen molar-refractivity contribution in [3.8, 4) is 0 Å². The molecule has 0 spiro atoms. The van der Waals surface area contributed by atoms with Gasteiger partial charge in [0.15, 0.2) is 0 Å². The minimum Gasteiger partial charge on any atom is -0.350 e. The van der Waals surface area contributed by atoms with Gasteiger partial charge in [0.05, 0.1) is 6.54 Å². The van der Waals surface area contributed by atoms with Crippen LogP contribution in [-0.4, -0.2) is 28.9 Å². The van der Waals surface area contributed by atoms with E-state index in [1.807, 2.05) is 37.4 Å². The first-order chi connectivity index (χ1) is 12.6. The Morgan fingerprint density at radius 2 is 1.85 bits per heavy atom. The molecule has 0 fully saturated rings. The number of nitrogens with zero attached hydrogens (tertiary/aromatic N) is 3. The van der Waals surface area contributed by atoms with Crippen molar-refractivity contribution in [2.45, 2.75) is 13.0 Å². The van der Waals surface area contributed by atoms with Gasteiger partial charge < -0.3 is 10.2 Å². The van der Waals surface area contributed by atoms with Crippen LogP contribution in [0.15, 0.2) is 54.6 Å². The van der Waals surface area contributed by atoms with Crippen molar-refractivity contribution >= 4 is 22.6 Å². The van der Waals surface area contributed by atoms with E-state index in [0.717, 1.165) is 17.0 Å². The topological polar surface area (TPSA) is 58.1 Å². The van der Waals surface area contributed by atoms with E-state index in [0.29, 0.717) is 18.1 Å². The van der Waals surface area contributed by atoms with Crippen LogP contribution in [0.4, 0.5) is 9.52 Å². The number of hydrogen-bond acceptors (Lipinski definition) is 5. The number of carbonyl (C=O) groups is 1. The normalized spacial score (nSPS) is 10.5. The smallest absolute Gasteiger partial charge is 0.239 e. The lowest BCUT2D eigenvalue weighted by Gasteiger charge is -2.14. The van der Waals surface area contributed by atoms with E-state index in [9.17, 15) is 9.18 Å². The molecular formula is C19H19FN4OS. The van der Waals surface area contributed by atoms with Gasteiger partial charge in [0, 0.05) is 31.5 Å². The Morgan fingerprint density at radius 3 is 2.58 bits per heavy atom. The number of halogens is 1. The maximum atomic E-state index is 12.9. The van der Waals surface area contributed by atoms with Crippen LogP contribution in [0.1, 0.15) is 17.0 Å². The van der Waals surface area contributed by atoms with Crippen LogP contribution in [0.5, 0.6) is 0 Å². The number of nitrogens with one attached hydrogen (secondary N) is 1. The molecule has 0 saturated carbocycles. The molecule has 7 heteroatoms. The second-order valence-corrected chi connectivity index (χ2v) is 6.65. The van der Waals surface area contributed by atoms with Crippen LogP contribution >= 0.6 is 11.5 Å². The maximum absolute atomic E-state index is 12.9. The molecule has 134 valence electrons. The van der Waals surface area contributed by atoms with Crippen molar-refractivity contribution in [2.75, 3.05) is 18.5 Å². The van der Waals surface area contributed by atoms with Crippen molar-refractivity contribution in [2.24, 2.45) is 0 Å². The van der Waals surface area contributed by atoms with Crippen LogP contribution in [0.25, 0.3) is 0 Å². The molecule has 0 aliphatic rings. The standard InChI is InChI=1S/C19H19FN4OS/c1-24(13-18(25)21-12-15-7-9-16(20)10-8-15)19-22-17(23-26-19)11-14-5-3-2-4-6-14/h2-10H,11-13H2,1H3,(H,21,25). The Kier molecular flexibility index (Phi) is 5.91. The van der Waals surface area contributed by atoms with Gasteiger partial charge in [0.2, 0.25) is 11.0 Å². The molecule has 0 unspecified atom stereocenters. The van der Waals surface area contributed by atoms with E-state index >= 15 is 0 Å². The predicted molar refractivity (Wildman–Crippen MR) is 101 cm³/mol. The Bertz CT molecular complexity index is 851. The molecular weight excluding hydrogens is 351 g/mol. The van der Waals surface area contributed by atoms with Crippen LogP contribution < -0.4 is 10.2 Å². The summed E-state index contributed by atoms with van der Waals surface area (Å²) >= 11 is 1.28. The van der Waals surface area contributed by atoms with E-state index in [4.69, 9.17) is 0 Å². The number of rotatable bonds is 7. The highest BCUT2D eigenvalue weighted by Crippen LogP contribution is 2.17. The summed E-state index contributed by atoms with van der Waals surface area (Å²) in [6.45, 7) is 0.545. The molecule has 3 aromatic rings. The molecule has 0 bridgehead atoms. The van der Waals surface area contributed by atoms with Gasteiger partial charge in [0.1, 0.15) is 11.6 Å². The van der Waals surface area contributed by atoms with Gasteiger partial charge >= 0.3 is 0 Å². The summed E-state index contributed by atoms with van der Waals surface area (Å²) in [5.74, 6) is 0.328. The molecule has 0 aliphatic carbocycles. The van der Waals surface area contributed by atoms with Gasteiger partial charge in [-0.3, -0.25) is 4.79 Å². The minimum absolute atomic E-state index is 0.128. The molecule has 1 heterocycles. The summed E-state index contributed by atoms with van der Waals surface area (Å²) in [6.07, 6.45) is 0.669. The first kappa shape index (κ1) is 18.0. The van der Waals surface area contributed by atoms with E-state index in [1.54, 1.807) is 17.0 Å². The van der Waals surface area contributed by atoms with Crippen LogP contribution in [0.2, 0.25) is 0 Å². The van der Waals surface area contributed by atoms with Gasteiger partial charge in [0.25, 0.3) is 0 Å². The van der Waals surface area contributed by atoms with Gasteiger partial charge in [-0.25, -0.2) is 9.37 Å². The highest BCUT2D eigenvalue weighted by Gasteiger charge is 2.12. The molecule has 0 saturated heterocycles. The van der Waals surface area contributed by atoms with Gasteiger partial charge in [-0.05, 0) is 23.3 Å². The van der Waals surface area contributed by atoms with Crippen LogP contribution in [-0.2, 0) is 17.8 Å². The second-order valence-electron chi connectivity index (χ2n) is 5.91. The molecule has 26 heavy (non-hydrogen) atoms. The number of benzene rings is 2. The third-order valence-electron chi connectivity index (χ3n) is 3.77. The molecule has 1 aromatic heterocycles. The molecule has 0 aliphatic heterocycles. The van der Waals surface area contributed by atoms with Gasteiger partial charge in [-0.15, -0.1) is 0 Å². The predicted octanol–water partition coefficient (Wildman–Crippen LogP) is 3.02. The zero-order valence-electron chi connectivity index (χ0n) is 14.4. The Hall–Kier alpha value is -2.80. The first-order valence-corrected chi connectivity index (χ1v) is 8.96. The summed E-state index contributed by atoms with van der Waals surface area (Å²) < 4.78 is 17.2. The van der Waals surface area contributed by atoms with Crippen molar-refractivity contribution in [3.63, 3.8) is 0 Å². The van der Waals surface area contributed by atoms with E-state index in [1.165, 1.54) is 23.7 Å². The summed E-state index contributed by atoms with van der Waals surface area (Å²) in [5, 5.41) is 3.52. The third-order valence-corrected chi connectivity index (χ3v) is 4.64. The zero-order chi connectivity index (χ0) is 18.4. The monoisotopic (exact) mass is 370 g/mol. The SMILES string of the molecule is CN(CC(=O)NCc1ccc(F)cc1)c1nc(Cc2ccccc2)ns1. The fourth-order valence-electron chi connectivity index (χ4n) is 2.39. The quantitative estimate of drug-likeness (QED) is 0.695. The lowest BCUT2D eigenvalue weighted by molar-refractivity contribution is -0.119. The average molecular weight is 370 g/mol. The lowest BCUT2D eigenvalue weighted by atomic mass is 10.1. The molecule has 3 rings (SSSR count). The highest BCUT2D eigenvalue weighted by atomic mass is 32.1. The van der Waals surface area contributed by atoms with E-state index < -0.39 is 0 Å². The first-order valence-electron chi connectivity index (χ1n) is 8.19. The highest BCUT2D eigenvalue weighted by molar-refractivity contribution is 7.09. The molecule has 5 nitrogen and oxygen atoms in total. The zero-order valence-corrected chi connectivity index (χ0v) is 15.2. The van der Waals surface area contributed by atoms with Crippen molar-refractivity contribution in [1.29, 1.82) is 0 Å². The van der Waals surface area contributed by atoms with Crippen molar-refractivity contribution in [1.82, 2.24) is 14.7 Å². The lowest BCUT2D eigenvalue weighted by Crippen LogP contribution is -2.34. The molecule has 0 atom stereocenters. The fraction of sp³-hybridized carbons (Fsp3) is 0.211. The third kappa shape index (κ3) is 5.10. The Morgan fingerprint density at radius 1 is 1.12 bits per heavy atom. The summed E-state index contributed by atoms with van der Waals surface area (Å²) in [6, 6.07) is 16.1. The number of amides is 1. The fourth-order valence-corrected chi connectivity index (χ4v) is 3.03. The summed E-state index contributed by atoms with van der Waals surface area (Å²) in [4.78, 5) is 18.4. The average Bonchev–Trinajstić information content (AvgIpc) is 3.11. The Labute approximate surface area is 155 Å². The van der Waals surface area contributed by atoms with Gasteiger partial charge in [-0.1, -0.05) is 42.5 Å². The van der Waals surface area contributed by atoms with Crippen LogP contribution in [0, 0.1) is 5.82 Å². The molecule has 1 amide bonds. The number of hydrogen-bond donors (Lipinski definition) is 1. The van der Waals surface area contributed by atoms with E-state index in [2.05, 4.69) is 14.7 Å². The summed E-state index contributed by atoms with van der Waals surface area (Å²) in [5.41, 5.74) is 2.00. The second kappa shape index (κ2) is 8.53. The minimum atomic E-state index is -0.289. The Balaban J connectivity index is 1.50. The number of aromatic nitrogens is 2. The maximum Gasteiger partial charge on any atom is 0.239 e. The van der Waals surface area contributed by atoms with Crippen molar-refractivity contribution < 1.29 is 9.18 Å². The van der Waals surface area contributed by atoms with Gasteiger partial charge in [-0.2, -0.15) is 4.37 Å². The molecule has 1 N–H and O–H groups in total. The van der Waals surface area contributed by atoms with Crippen molar-refractivity contribution in [3.05, 3.63) is 77.4 Å². The number of likely N-dealkylation sites (N-methyl/N-ethyl adjacent to an activating group) is 1. The van der Waals surface area contributed by atoms with E-state index in [-0.39, 0.29) is 18.3 Å². The molecule has 2 aromatic carbocycles.